The molecule has 1 amide bonds. The monoisotopic (exact) mass is 363 g/mol. The number of methoxy groups -OCH3 is 2. The number of hydrogen-bond acceptors (Lipinski definition) is 5. The van der Waals surface area contributed by atoms with Crippen molar-refractivity contribution in [2.24, 2.45) is 0 Å². The van der Waals surface area contributed by atoms with E-state index in [-0.39, 0.29) is 5.91 Å². The fraction of sp³-hybridized carbons (Fsp3) is 0.143. The number of aromatic nitrogens is 1. The first-order valence-electron chi connectivity index (χ1n) is 8.42. The first kappa shape index (κ1) is 18.3. The average Bonchev–Trinajstić information content (AvgIpc) is 2.70. The molecule has 0 fully saturated rings. The summed E-state index contributed by atoms with van der Waals surface area (Å²) in [6.45, 7) is 2.04. The van der Waals surface area contributed by atoms with E-state index < -0.39 is 0 Å². The van der Waals surface area contributed by atoms with Crippen LogP contribution < -0.4 is 20.1 Å². The third-order valence-electron chi connectivity index (χ3n) is 3.99. The van der Waals surface area contributed by atoms with Crippen molar-refractivity contribution in [1.29, 1.82) is 0 Å². The van der Waals surface area contributed by atoms with Gasteiger partial charge in [-0.1, -0.05) is 17.7 Å². The summed E-state index contributed by atoms with van der Waals surface area (Å²) in [5.41, 5.74) is 3.22. The highest BCUT2D eigenvalue weighted by molar-refractivity contribution is 6.04. The van der Waals surface area contributed by atoms with Crippen LogP contribution in [0.5, 0.6) is 11.5 Å². The minimum Gasteiger partial charge on any atom is -0.493 e. The van der Waals surface area contributed by atoms with Gasteiger partial charge in [-0.25, -0.2) is 4.98 Å². The number of amides is 1. The molecule has 2 N–H and O–H groups in total. The van der Waals surface area contributed by atoms with Crippen LogP contribution in [-0.2, 0) is 0 Å². The van der Waals surface area contributed by atoms with Gasteiger partial charge in [0.2, 0.25) is 0 Å². The van der Waals surface area contributed by atoms with Crippen LogP contribution in [0.25, 0.3) is 0 Å². The van der Waals surface area contributed by atoms with E-state index in [1.807, 2.05) is 37.3 Å². The van der Waals surface area contributed by atoms with Crippen molar-refractivity contribution >= 4 is 23.1 Å². The topological polar surface area (TPSA) is 72.5 Å². The lowest BCUT2D eigenvalue weighted by molar-refractivity contribution is 0.102. The van der Waals surface area contributed by atoms with Gasteiger partial charge in [0, 0.05) is 11.3 Å². The lowest BCUT2D eigenvalue weighted by Crippen LogP contribution is -2.12. The number of carbonyl (C=O) groups excluding carboxylic acids is 1. The molecule has 0 aliphatic rings. The zero-order valence-corrected chi connectivity index (χ0v) is 15.4. The van der Waals surface area contributed by atoms with Gasteiger partial charge in [0.25, 0.3) is 5.91 Å². The Morgan fingerprint density at radius 3 is 2.22 bits per heavy atom. The van der Waals surface area contributed by atoms with Crippen LogP contribution in [-0.4, -0.2) is 25.1 Å². The smallest absolute Gasteiger partial charge is 0.255 e. The number of hydrogen-bond donors (Lipinski definition) is 2. The zero-order chi connectivity index (χ0) is 19.2. The number of nitrogens with one attached hydrogen (secondary N) is 2. The number of nitrogens with zero attached hydrogens (tertiary/aromatic N) is 1. The molecule has 2 aromatic carbocycles. The third-order valence-corrected chi connectivity index (χ3v) is 3.99. The standard InChI is InChI=1S/C21H21N3O3/c1-14-4-7-16(8-5-14)23-20-11-9-17(13-22-20)24-21(25)15-6-10-18(26-2)19(12-15)27-3/h4-13H,1-3H3,(H,22,23)(H,24,25). The van der Waals surface area contributed by atoms with Crippen molar-refractivity contribution in [1.82, 2.24) is 4.98 Å². The first-order valence-corrected chi connectivity index (χ1v) is 8.42. The van der Waals surface area contributed by atoms with Crippen molar-refractivity contribution in [3.63, 3.8) is 0 Å². The van der Waals surface area contributed by atoms with Gasteiger partial charge in [-0.05, 0) is 49.4 Å². The molecular weight excluding hydrogens is 342 g/mol. The van der Waals surface area contributed by atoms with Crippen LogP contribution in [0.3, 0.4) is 0 Å². The van der Waals surface area contributed by atoms with E-state index in [0.29, 0.717) is 28.6 Å². The quantitative estimate of drug-likeness (QED) is 0.679. The third kappa shape index (κ3) is 4.55. The van der Waals surface area contributed by atoms with Crippen molar-refractivity contribution in [3.8, 4) is 11.5 Å². The van der Waals surface area contributed by atoms with Gasteiger partial charge >= 0.3 is 0 Å². The second kappa shape index (κ2) is 8.23. The maximum absolute atomic E-state index is 12.4. The van der Waals surface area contributed by atoms with E-state index >= 15 is 0 Å². The van der Waals surface area contributed by atoms with Crippen molar-refractivity contribution in [3.05, 3.63) is 71.9 Å². The molecule has 0 spiro atoms. The summed E-state index contributed by atoms with van der Waals surface area (Å²) in [6, 6.07) is 16.6. The van der Waals surface area contributed by atoms with E-state index in [4.69, 9.17) is 9.47 Å². The summed E-state index contributed by atoms with van der Waals surface area (Å²) in [7, 11) is 3.08. The van der Waals surface area contributed by atoms with Crippen molar-refractivity contribution in [2.45, 2.75) is 6.92 Å². The molecule has 0 aliphatic carbocycles. The van der Waals surface area contributed by atoms with Crippen molar-refractivity contribution < 1.29 is 14.3 Å². The predicted octanol–water partition coefficient (Wildman–Crippen LogP) is 4.40. The molecule has 0 unspecified atom stereocenters. The molecule has 3 aromatic rings. The molecule has 0 saturated heterocycles. The molecule has 3 rings (SSSR count). The lowest BCUT2D eigenvalue weighted by Gasteiger charge is -2.10. The van der Waals surface area contributed by atoms with E-state index in [0.717, 1.165) is 5.69 Å². The first-order chi connectivity index (χ1) is 13.1. The molecule has 1 heterocycles. The molecule has 1 aromatic heterocycles. The van der Waals surface area contributed by atoms with Gasteiger partial charge in [0.1, 0.15) is 5.82 Å². The molecule has 0 aliphatic heterocycles. The summed E-state index contributed by atoms with van der Waals surface area (Å²) < 4.78 is 10.4. The Bertz CT molecular complexity index is 922. The van der Waals surface area contributed by atoms with Crippen LogP contribution in [0.15, 0.2) is 60.8 Å². The lowest BCUT2D eigenvalue weighted by atomic mass is 10.2. The highest BCUT2D eigenvalue weighted by atomic mass is 16.5. The van der Waals surface area contributed by atoms with E-state index in [1.54, 1.807) is 37.6 Å². The fourth-order valence-electron chi connectivity index (χ4n) is 2.51. The Hall–Kier alpha value is -3.54. The number of rotatable bonds is 6. The maximum atomic E-state index is 12.4. The number of carbonyl (C=O) groups is 1. The molecule has 0 atom stereocenters. The Morgan fingerprint density at radius 2 is 1.59 bits per heavy atom. The van der Waals surface area contributed by atoms with Crippen LogP contribution in [0.2, 0.25) is 0 Å². The number of anilines is 3. The normalized spacial score (nSPS) is 10.2. The fourth-order valence-corrected chi connectivity index (χ4v) is 2.51. The molecule has 6 nitrogen and oxygen atoms in total. The zero-order valence-electron chi connectivity index (χ0n) is 15.4. The summed E-state index contributed by atoms with van der Waals surface area (Å²) >= 11 is 0. The Morgan fingerprint density at radius 1 is 0.889 bits per heavy atom. The van der Waals surface area contributed by atoms with Crippen LogP contribution >= 0.6 is 0 Å². The van der Waals surface area contributed by atoms with Crippen LogP contribution in [0.1, 0.15) is 15.9 Å². The Balaban J connectivity index is 1.67. The molecule has 138 valence electrons. The summed E-state index contributed by atoms with van der Waals surface area (Å²) in [4.78, 5) is 16.8. The van der Waals surface area contributed by atoms with Gasteiger partial charge in [-0.15, -0.1) is 0 Å². The second-order valence-corrected chi connectivity index (χ2v) is 5.95. The number of ether oxygens (including phenoxy) is 2. The summed E-state index contributed by atoms with van der Waals surface area (Å²) in [6.07, 6.45) is 1.61. The molecule has 6 heteroatoms. The summed E-state index contributed by atoms with van der Waals surface area (Å²) in [5.74, 6) is 1.52. The minimum atomic E-state index is -0.253. The molecule has 0 bridgehead atoms. The van der Waals surface area contributed by atoms with E-state index in [9.17, 15) is 4.79 Å². The highest BCUT2D eigenvalue weighted by Crippen LogP contribution is 2.28. The molecule has 0 radical (unpaired) electrons. The van der Waals surface area contributed by atoms with E-state index in [2.05, 4.69) is 15.6 Å². The van der Waals surface area contributed by atoms with E-state index in [1.165, 1.54) is 12.7 Å². The number of benzene rings is 2. The Labute approximate surface area is 158 Å². The highest BCUT2D eigenvalue weighted by Gasteiger charge is 2.11. The number of aryl methyl sites for hydroxylation is 1. The van der Waals surface area contributed by atoms with Gasteiger partial charge in [-0.2, -0.15) is 0 Å². The SMILES string of the molecule is COc1ccc(C(=O)Nc2ccc(Nc3ccc(C)cc3)nc2)cc1OC. The average molecular weight is 363 g/mol. The molecule has 27 heavy (non-hydrogen) atoms. The van der Waals surface area contributed by atoms with Gasteiger partial charge < -0.3 is 20.1 Å². The van der Waals surface area contributed by atoms with Crippen LogP contribution in [0, 0.1) is 6.92 Å². The maximum Gasteiger partial charge on any atom is 0.255 e. The van der Waals surface area contributed by atoms with Crippen molar-refractivity contribution in [2.75, 3.05) is 24.9 Å². The number of pyridine rings is 1. The van der Waals surface area contributed by atoms with Gasteiger partial charge in [0.05, 0.1) is 26.1 Å². The van der Waals surface area contributed by atoms with Gasteiger partial charge in [-0.3, -0.25) is 4.79 Å². The second-order valence-electron chi connectivity index (χ2n) is 5.95. The van der Waals surface area contributed by atoms with Crippen LogP contribution in [0.4, 0.5) is 17.2 Å². The molecular formula is C21H21N3O3. The predicted molar refractivity (Wildman–Crippen MR) is 106 cm³/mol. The van der Waals surface area contributed by atoms with Gasteiger partial charge in [0.15, 0.2) is 11.5 Å². The summed E-state index contributed by atoms with van der Waals surface area (Å²) in [5, 5.41) is 6.04. The Kier molecular flexibility index (Phi) is 5.56. The molecule has 0 saturated carbocycles. The largest absolute Gasteiger partial charge is 0.493 e. The minimum absolute atomic E-state index is 0.253.